The third kappa shape index (κ3) is 4.60. The first-order chi connectivity index (χ1) is 11.0. The molecule has 2 unspecified atom stereocenters. The van der Waals surface area contributed by atoms with Crippen LogP contribution in [-0.2, 0) is 16.0 Å². The van der Waals surface area contributed by atoms with Crippen molar-refractivity contribution in [1.82, 2.24) is 5.32 Å². The Morgan fingerprint density at radius 2 is 1.91 bits per heavy atom. The highest BCUT2D eigenvalue weighted by atomic mass is 35.5. The van der Waals surface area contributed by atoms with E-state index in [2.05, 4.69) is 5.32 Å². The molecular formula is C17H18ClNO4. The molecule has 0 fully saturated rings. The molecule has 0 aliphatic carbocycles. The average Bonchev–Trinajstić information content (AvgIpc) is 3.05. The number of carbonyl (C=O) groups excluding carboxylic acids is 2. The van der Waals surface area contributed by atoms with Crippen LogP contribution in [-0.4, -0.2) is 25.0 Å². The van der Waals surface area contributed by atoms with Crippen molar-refractivity contribution in [2.75, 3.05) is 7.11 Å². The Bertz CT molecular complexity index is 666. The van der Waals surface area contributed by atoms with Crippen LogP contribution in [0.2, 0.25) is 0 Å². The molecule has 5 nitrogen and oxygen atoms in total. The number of esters is 1. The van der Waals surface area contributed by atoms with Crippen molar-refractivity contribution in [3.63, 3.8) is 0 Å². The van der Waals surface area contributed by atoms with Gasteiger partial charge >= 0.3 is 5.97 Å². The normalized spacial score (nSPS) is 13.2. The molecule has 0 radical (unpaired) electrons. The zero-order valence-corrected chi connectivity index (χ0v) is 13.7. The number of rotatable bonds is 6. The molecule has 0 saturated carbocycles. The minimum absolute atomic E-state index is 0.106. The third-order valence-corrected chi connectivity index (χ3v) is 3.53. The summed E-state index contributed by atoms with van der Waals surface area (Å²) in [5.41, 5.74) is 0.915. The number of amides is 1. The van der Waals surface area contributed by atoms with E-state index < -0.39 is 17.9 Å². The lowest BCUT2D eigenvalue weighted by molar-refractivity contribution is -0.142. The Morgan fingerprint density at radius 1 is 1.22 bits per heavy atom. The second-order valence-corrected chi connectivity index (χ2v) is 5.71. The Balaban J connectivity index is 2.10. The van der Waals surface area contributed by atoms with Gasteiger partial charge in [0.1, 0.15) is 11.8 Å². The summed E-state index contributed by atoms with van der Waals surface area (Å²) in [5.74, 6) is -0.399. The predicted molar refractivity (Wildman–Crippen MR) is 86.4 cm³/mol. The van der Waals surface area contributed by atoms with E-state index in [9.17, 15) is 9.59 Å². The first-order valence-corrected chi connectivity index (χ1v) is 7.61. The van der Waals surface area contributed by atoms with Crippen molar-refractivity contribution in [2.24, 2.45) is 0 Å². The predicted octanol–water partition coefficient (Wildman–Crippen LogP) is 3.09. The molecule has 23 heavy (non-hydrogen) atoms. The zero-order chi connectivity index (χ0) is 16.8. The Kier molecular flexibility index (Phi) is 5.82. The summed E-state index contributed by atoms with van der Waals surface area (Å²) in [5, 5.41) is 2.30. The Labute approximate surface area is 139 Å². The van der Waals surface area contributed by atoms with Crippen LogP contribution in [0.3, 0.4) is 0 Å². The van der Waals surface area contributed by atoms with Crippen molar-refractivity contribution < 1.29 is 18.7 Å². The Morgan fingerprint density at radius 3 is 2.48 bits per heavy atom. The maximum absolute atomic E-state index is 12.2. The molecule has 0 aliphatic heterocycles. The number of methoxy groups -OCH3 is 1. The van der Waals surface area contributed by atoms with Crippen LogP contribution in [0.5, 0.6) is 0 Å². The van der Waals surface area contributed by atoms with Gasteiger partial charge in [0.15, 0.2) is 5.76 Å². The van der Waals surface area contributed by atoms with Gasteiger partial charge in [-0.05, 0) is 24.6 Å². The Hall–Kier alpha value is -2.27. The van der Waals surface area contributed by atoms with Gasteiger partial charge < -0.3 is 14.5 Å². The van der Waals surface area contributed by atoms with Crippen LogP contribution in [0.15, 0.2) is 46.9 Å². The standard InChI is InChI=1S/C17H18ClNO4/c1-11(18)14-8-9-15(23-14)16(20)19-13(17(21)22-2)10-12-6-4-3-5-7-12/h3-9,11,13H,10H2,1-2H3,(H,19,20). The van der Waals surface area contributed by atoms with Crippen molar-refractivity contribution in [3.8, 4) is 0 Å². The van der Waals surface area contributed by atoms with Gasteiger partial charge in [0.2, 0.25) is 0 Å². The zero-order valence-electron chi connectivity index (χ0n) is 12.9. The highest BCUT2D eigenvalue weighted by Gasteiger charge is 2.24. The van der Waals surface area contributed by atoms with Gasteiger partial charge in [-0.2, -0.15) is 0 Å². The molecule has 1 N–H and O–H groups in total. The highest BCUT2D eigenvalue weighted by Crippen LogP contribution is 2.21. The lowest BCUT2D eigenvalue weighted by Crippen LogP contribution is -2.43. The van der Waals surface area contributed by atoms with E-state index >= 15 is 0 Å². The first kappa shape index (κ1) is 17.1. The molecule has 1 heterocycles. The number of benzene rings is 1. The summed E-state index contributed by atoms with van der Waals surface area (Å²) in [7, 11) is 1.28. The van der Waals surface area contributed by atoms with E-state index in [-0.39, 0.29) is 11.1 Å². The van der Waals surface area contributed by atoms with Crippen LogP contribution in [0.25, 0.3) is 0 Å². The van der Waals surface area contributed by atoms with Crippen molar-refractivity contribution >= 4 is 23.5 Å². The number of alkyl halides is 1. The number of ether oxygens (including phenoxy) is 1. The minimum Gasteiger partial charge on any atom is -0.467 e. The molecule has 6 heteroatoms. The molecule has 2 atom stereocenters. The van der Waals surface area contributed by atoms with Crippen LogP contribution in [0, 0.1) is 0 Å². The van der Waals surface area contributed by atoms with Crippen LogP contribution >= 0.6 is 11.6 Å². The lowest BCUT2D eigenvalue weighted by Gasteiger charge is -2.15. The summed E-state index contributed by atoms with van der Waals surface area (Å²) in [6.07, 6.45) is 0.332. The monoisotopic (exact) mass is 335 g/mol. The number of halogens is 1. The molecular weight excluding hydrogens is 318 g/mol. The van der Waals surface area contributed by atoms with Gasteiger partial charge in [0.25, 0.3) is 5.91 Å². The van der Waals surface area contributed by atoms with Crippen molar-refractivity contribution in [1.29, 1.82) is 0 Å². The first-order valence-electron chi connectivity index (χ1n) is 7.17. The minimum atomic E-state index is -0.795. The van der Waals surface area contributed by atoms with E-state index in [0.717, 1.165) is 5.56 Å². The fourth-order valence-corrected chi connectivity index (χ4v) is 2.22. The summed E-state index contributed by atoms with van der Waals surface area (Å²) >= 11 is 5.91. The summed E-state index contributed by atoms with van der Waals surface area (Å²) in [6, 6.07) is 11.7. The molecule has 0 spiro atoms. The number of hydrogen-bond donors (Lipinski definition) is 1. The summed E-state index contributed by atoms with van der Waals surface area (Å²) < 4.78 is 10.1. The number of nitrogens with one attached hydrogen (secondary N) is 1. The molecule has 0 bridgehead atoms. The number of furan rings is 1. The maximum Gasteiger partial charge on any atom is 0.328 e. The number of carbonyl (C=O) groups is 2. The molecule has 0 saturated heterocycles. The van der Waals surface area contributed by atoms with Crippen molar-refractivity contribution in [3.05, 3.63) is 59.5 Å². The molecule has 1 amide bonds. The molecule has 122 valence electrons. The van der Waals surface area contributed by atoms with Crippen LogP contribution in [0.1, 0.15) is 34.2 Å². The largest absolute Gasteiger partial charge is 0.467 e. The maximum atomic E-state index is 12.2. The second-order valence-electron chi connectivity index (χ2n) is 5.06. The van der Waals surface area contributed by atoms with Gasteiger partial charge in [-0.3, -0.25) is 4.79 Å². The molecule has 1 aromatic heterocycles. The lowest BCUT2D eigenvalue weighted by atomic mass is 10.1. The van der Waals surface area contributed by atoms with E-state index in [1.54, 1.807) is 13.0 Å². The fraction of sp³-hybridized carbons (Fsp3) is 0.294. The highest BCUT2D eigenvalue weighted by molar-refractivity contribution is 6.20. The molecule has 1 aromatic carbocycles. The average molecular weight is 336 g/mol. The summed E-state index contributed by atoms with van der Waals surface area (Å²) in [6.45, 7) is 1.74. The topological polar surface area (TPSA) is 68.5 Å². The van der Waals surface area contributed by atoms with Gasteiger partial charge in [0, 0.05) is 6.42 Å². The number of hydrogen-bond acceptors (Lipinski definition) is 4. The fourth-order valence-electron chi connectivity index (χ4n) is 2.10. The van der Waals surface area contributed by atoms with Gasteiger partial charge in [0.05, 0.1) is 12.5 Å². The van der Waals surface area contributed by atoms with E-state index in [1.807, 2.05) is 30.3 Å². The smallest absolute Gasteiger partial charge is 0.328 e. The van der Waals surface area contributed by atoms with Gasteiger partial charge in [-0.15, -0.1) is 11.6 Å². The molecule has 2 rings (SSSR count). The van der Waals surface area contributed by atoms with Crippen LogP contribution < -0.4 is 5.32 Å². The summed E-state index contributed by atoms with van der Waals surface area (Å²) in [4.78, 5) is 24.2. The SMILES string of the molecule is COC(=O)C(Cc1ccccc1)NC(=O)c1ccc(C(C)Cl)o1. The van der Waals surface area contributed by atoms with Crippen molar-refractivity contribution in [2.45, 2.75) is 24.8 Å². The third-order valence-electron chi connectivity index (χ3n) is 3.32. The van der Waals surface area contributed by atoms with E-state index in [1.165, 1.54) is 13.2 Å². The molecule has 2 aromatic rings. The molecule has 0 aliphatic rings. The quantitative estimate of drug-likeness (QED) is 0.650. The van der Waals surface area contributed by atoms with Gasteiger partial charge in [-0.1, -0.05) is 30.3 Å². The van der Waals surface area contributed by atoms with Gasteiger partial charge in [-0.25, -0.2) is 4.79 Å². The second kappa shape index (κ2) is 7.83. The van der Waals surface area contributed by atoms with E-state index in [4.69, 9.17) is 20.8 Å². The van der Waals surface area contributed by atoms with Crippen LogP contribution in [0.4, 0.5) is 0 Å². The van der Waals surface area contributed by atoms with E-state index in [0.29, 0.717) is 12.2 Å².